The molecule has 0 aromatic rings. The van der Waals surface area contributed by atoms with E-state index in [1.165, 1.54) is 6.42 Å². The molecule has 136 valence electrons. The van der Waals surface area contributed by atoms with Crippen LogP contribution in [-0.2, 0) is 14.3 Å². The minimum Gasteiger partial charge on any atom is -0.377 e. The molecule has 2 rings (SSSR count). The van der Waals surface area contributed by atoms with Crippen LogP contribution in [0.5, 0.6) is 0 Å². The number of ether oxygens (including phenoxy) is 1. The van der Waals surface area contributed by atoms with Gasteiger partial charge < -0.3 is 10.1 Å². The molecule has 24 heavy (non-hydrogen) atoms. The maximum atomic E-state index is 12.5. The summed E-state index contributed by atoms with van der Waals surface area (Å²) in [6.45, 7) is 8.14. The van der Waals surface area contributed by atoms with E-state index in [2.05, 4.69) is 10.2 Å². The number of nitrogens with one attached hydrogen (secondary N) is 2. The molecule has 0 saturated carbocycles. The normalized spacial score (nSPS) is 25.5. The van der Waals surface area contributed by atoms with E-state index >= 15 is 0 Å². The van der Waals surface area contributed by atoms with Crippen molar-refractivity contribution in [2.24, 2.45) is 5.41 Å². The molecule has 0 aliphatic carbocycles. The molecule has 0 radical (unpaired) electrons. The zero-order valence-corrected chi connectivity index (χ0v) is 15.2. The van der Waals surface area contributed by atoms with Gasteiger partial charge in [0.15, 0.2) is 0 Å². The Morgan fingerprint density at radius 1 is 1.21 bits per heavy atom. The highest BCUT2D eigenvalue weighted by Crippen LogP contribution is 2.22. The van der Waals surface area contributed by atoms with Gasteiger partial charge in [0.1, 0.15) is 0 Å². The van der Waals surface area contributed by atoms with Gasteiger partial charge in [-0.2, -0.15) is 0 Å². The standard InChI is InChI=1S/C18H31N3O3/c1-18(2,3)15(19)11-16(22)20-17(23)14-8-6-9-21(14)12-13-7-4-5-10-24-13/h13-14,19H,4-12H2,1-3H3,(H,20,22,23). The number of rotatable bonds is 5. The molecule has 2 fully saturated rings. The molecule has 0 bridgehead atoms. The second-order valence-corrected chi connectivity index (χ2v) is 7.96. The predicted molar refractivity (Wildman–Crippen MR) is 93.1 cm³/mol. The van der Waals surface area contributed by atoms with Gasteiger partial charge in [-0.1, -0.05) is 20.8 Å². The van der Waals surface area contributed by atoms with Crippen LogP contribution in [0.4, 0.5) is 0 Å². The van der Waals surface area contributed by atoms with Crippen molar-refractivity contribution < 1.29 is 14.3 Å². The van der Waals surface area contributed by atoms with Gasteiger partial charge in [0.05, 0.1) is 18.6 Å². The van der Waals surface area contributed by atoms with Crippen molar-refractivity contribution in [3.63, 3.8) is 0 Å². The maximum Gasteiger partial charge on any atom is 0.243 e. The van der Waals surface area contributed by atoms with Crippen molar-refractivity contribution in [3.05, 3.63) is 0 Å². The summed E-state index contributed by atoms with van der Waals surface area (Å²) >= 11 is 0. The van der Waals surface area contributed by atoms with Crippen LogP contribution in [-0.4, -0.2) is 54.3 Å². The molecule has 0 aromatic heterocycles. The van der Waals surface area contributed by atoms with Gasteiger partial charge in [-0.3, -0.25) is 19.8 Å². The smallest absolute Gasteiger partial charge is 0.243 e. The number of carbonyl (C=O) groups is 2. The van der Waals surface area contributed by atoms with E-state index in [-0.39, 0.29) is 35.8 Å². The third-order valence-corrected chi connectivity index (χ3v) is 4.88. The fraction of sp³-hybridized carbons (Fsp3) is 0.833. The quantitative estimate of drug-likeness (QED) is 0.753. The number of nitrogens with zero attached hydrogens (tertiary/aromatic N) is 1. The largest absolute Gasteiger partial charge is 0.377 e. The first-order valence-electron chi connectivity index (χ1n) is 9.04. The van der Waals surface area contributed by atoms with Crippen LogP contribution in [0.25, 0.3) is 0 Å². The number of hydrogen-bond donors (Lipinski definition) is 2. The Morgan fingerprint density at radius 2 is 1.96 bits per heavy atom. The lowest BCUT2D eigenvalue weighted by molar-refractivity contribution is -0.133. The van der Waals surface area contributed by atoms with E-state index in [1.807, 2.05) is 20.8 Å². The second-order valence-electron chi connectivity index (χ2n) is 7.96. The summed E-state index contributed by atoms with van der Waals surface area (Å²) < 4.78 is 5.77. The molecule has 6 nitrogen and oxygen atoms in total. The summed E-state index contributed by atoms with van der Waals surface area (Å²) in [5.41, 5.74) is -0.00958. The molecular weight excluding hydrogens is 306 g/mol. The minimum atomic E-state index is -0.374. The fourth-order valence-electron chi connectivity index (χ4n) is 3.25. The van der Waals surface area contributed by atoms with E-state index in [4.69, 9.17) is 10.1 Å². The fourth-order valence-corrected chi connectivity index (χ4v) is 3.25. The molecule has 2 atom stereocenters. The zero-order chi connectivity index (χ0) is 17.7. The first-order valence-corrected chi connectivity index (χ1v) is 9.04. The summed E-state index contributed by atoms with van der Waals surface area (Å²) in [5.74, 6) is -0.601. The highest BCUT2D eigenvalue weighted by Gasteiger charge is 2.33. The number of likely N-dealkylation sites (tertiary alicyclic amines) is 1. The average Bonchev–Trinajstić information content (AvgIpc) is 2.95. The molecule has 0 spiro atoms. The summed E-state index contributed by atoms with van der Waals surface area (Å²) in [4.78, 5) is 26.6. The van der Waals surface area contributed by atoms with Gasteiger partial charge in [0.2, 0.25) is 11.8 Å². The number of imide groups is 1. The highest BCUT2D eigenvalue weighted by molar-refractivity contribution is 6.07. The third kappa shape index (κ3) is 5.38. The van der Waals surface area contributed by atoms with Crippen LogP contribution in [0.2, 0.25) is 0 Å². The molecule has 2 saturated heterocycles. The number of amides is 2. The van der Waals surface area contributed by atoms with Gasteiger partial charge in [0.25, 0.3) is 0 Å². The first kappa shape index (κ1) is 19.1. The first-order chi connectivity index (χ1) is 11.3. The van der Waals surface area contributed by atoms with Crippen LogP contribution in [0, 0.1) is 10.8 Å². The molecule has 0 aromatic carbocycles. The van der Waals surface area contributed by atoms with Crippen LogP contribution in [0.1, 0.15) is 59.3 Å². The molecule has 2 aliphatic rings. The summed E-state index contributed by atoms with van der Waals surface area (Å²) in [7, 11) is 0. The van der Waals surface area contributed by atoms with Crippen molar-refractivity contribution >= 4 is 17.5 Å². The molecule has 2 N–H and O–H groups in total. The lowest BCUT2D eigenvalue weighted by Crippen LogP contribution is -2.48. The molecule has 6 heteroatoms. The molecule has 2 aliphatic heterocycles. The van der Waals surface area contributed by atoms with E-state index in [1.54, 1.807) is 0 Å². The summed E-state index contributed by atoms with van der Waals surface area (Å²) in [5, 5.41) is 10.4. The Hall–Kier alpha value is -1.27. The van der Waals surface area contributed by atoms with E-state index in [0.717, 1.165) is 45.4 Å². The van der Waals surface area contributed by atoms with Gasteiger partial charge >= 0.3 is 0 Å². The van der Waals surface area contributed by atoms with Crippen LogP contribution >= 0.6 is 0 Å². The van der Waals surface area contributed by atoms with Gasteiger partial charge in [-0.05, 0) is 38.6 Å². The van der Waals surface area contributed by atoms with Crippen molar-refractivity contribution in [1.82, 2.24) is 10.2 Å². The second kappa shape index (κ2) is 8.21. The van der Waals surface area contributed by atoms with E-state index < -0.39 is 0 Å². The van der Waals surface area contributed by atoms with Crippen LogP contribution in [0.15, 0.2) is 0 Å². The molecule has 2 heterocycles. The monoisotopic (exact) mass is 337 g/mol. The Labute approximate surface area is 144 Å². The van der Waals surface area contributed by atoms with Crippen LogP contribution in [0.3, 0.4) is 0 Å². The molecule has 2 amide bonds. The lowest BCUT2D eigenvalue weighted by Gasteiger charge is -2.30. The predicted octanol–water partition coefficient (Wildman–Crippen LogP) is 2.12. The Kier molecular flexibility index (Phi) is 6.52. The summed E-state index contributed by atoms with van der Waals surface area (Å²) in [6, 6.07) is -0.247. The van der Waals surface area contributed by atoms with E-state index in [0.29, 0.717) is 5.71 Å². The van der Waals surface area contributed by atoms with E-state index in [9.17, 15) is 9.59 Å². The SMILES string of the molecule is CC(C)(C)C(=N)CC(=O)NC(=O)C1CCCN1CC1CCCCO1. The Balaban J connectivity index is 1.83. The number of hydrogen-bond acceptors (Lipinski definition) is 5. The number of carbonyl (C=O) groups excluding carboxylic acids is 2. The third-order valence-electron chi connectivity index (χ3n) is 4.88. The topological polar surface area (TPSA) is 82.5 Å². The zero-order valence-electron chi connectivity index (χ0n) is 15.2. The summed E-state index contributed by atoms with van der Waals surface area (Å²) in [6.07, 6.45) is 5.29. The van der Waals surface area contributed by atoms with Gasteiger partial charge in [0, 0.05) is 24.3 Å². The average molecular weight is 337 g/mol. The van der Waals surface area contributed by atoms with Gasteiger partial charge in [-0.15, -0.1) is 0 Å². The van der Waals surface area contributed by atoms with Crippen molar-refractivity contribution in [2.45, 2.75) is 71.4 Å². The lowest BCUT2D eigenvalue weighted by atomic mass is 9.88. The Bertz CT molecular complexity index is 478. The maximum absolute atomic E-state index is 12.5. The molecule has 2 unspecified atom stereocenters. The van der Waals surface area contributed by atoms with Crippen molar-refractivity contribution in [1.29, 1.82) is 5.41 Å². The van der Waals surface area contributed by atoms with Crippen LogP contribution < -0.4 is 5.32 Å². The molecular formula is C18H31N3O3. The Morgan fingerprint density at radius 3 is 2.58 bits per heavy atom. The minimum absolute atomic E-state index is 0.0201. The van der Waals surface area contributed by atoms with Gasteiger partial charge in [-0.25, -0.2) is 0 Å². The van der Waals surface area contributed by atoms with Crippen molar-refractivity contribution in [2.75, 3.05) is 19.7 Å². The highest BCUT2D eigenvalue weighted by atomic mass is 16.5. The van der Waals surface area contributed by atoms with Crippen molar-refractivity contribution in [3.8, 4) is 0 Å².